The zero-order valence-electron chi connectivity index (χ0n) is 19.1. The Hall–Kier alpha value is -3.45. The molecule has 0 unspecified atom stereocenters. The maximum Gasteiger partial charge on any atom is 0.325 e. The van der Waals surface area contributed by atoms with Gasteiger partial charge in [-0.3, -0.25) is 4.79 Å². The van der Waals surface area contributed by atoms with Crippen LogP contribution in [-0.4, -0.2) is 25.6 Å². The van der Waals surface area contributed by atoms with Crippen LogP contribution in [0.1, 0.15) is 29.3 Å². The molecule has 7 heteroatoms. The first-order chi connectivity index (χ1) is 16.3. The van der Waals surface area contributed by atoms with Gasteiger partial charge >= 0.3 is 5.97 Å². The number of carbonyl (C=O) groups excluding carboxylic acids is 1. The fourth-order valence-corrected chi connectivity index (χ4v) is 5.53. The molecular weight excluding hydrogens is 453 g/mol. The summed E-state index contributed by atoms with van der Waals surface area (Å²) in [5.74, 6) is -0.775. The average Bonchev–Trinajstić information content (AvgIpc) is 3.05. The molecule has 4 rings (SSSR count). The van der Waals surface area contributed by atoms with Crippen LogP contribution in [0.5, 0.6) is 0 Å². The Bertz CT molecular complexity index is 1430. The number of carbonyl (C=O) groups is 1. The molecule has 0 aliphatic rings. The number of sulfone groups is 1. The first-order valence-electron chi connectivity index (χ1n) is 11.1. The van der Waals surface area contributed by atoms with E-state index in [4.69, 9.17) is 4.74 Å². The number of aromatic nitrogens is 1. The summed E-state index contributed by atoms with van der Waals surface area (Å²) in [5, 5.41) is 0.725. The molecule has 0 aliphatic heterocycles. The second-order valence-corrected chi connectivity index (χ2v) is 10.2. The van der Waals surface area contributed by atoms with E-state index >= 15 is 0 Å². The van der Waals surface area contributed by atoms with E-state index in [1.165, 1.54) is 12.1 Å². The van der Waals surface area contributed by atoms with Crippen LogP contribution < -0.4 is 0 Å². The van der Waals surface area contributed by atoms with Gasteiger partial charge in [0.1, 0.15) is 12.4 Å². The molecule has 0 N–H and O–H groups in total. The number of halogens is 1. The van der Waals surface area contributed by atoms with E-state index in [9.17, 15) is 17.6 Å². The topological polar surface area (TPSA) is 65.4 Å². The third kappa shape index (κ3) is 5.04. The van der Waals surface area contributed by atoms with Crippen LogP contribution >= 0.6 is 0 Å². The van der Waals surface area contributed by atoms with Crippen LogP contribution in [0.3, 0.4) is 0 Å². The van der Waals surface area contributed by atoms with Crippen LogP contribution in [0.4, 0.5) is 4.39 Å². The van der Waals surface area contributed by atoms with Gasteiger partial charge in [-0.25, -0.2) is 12.8 Å². The van der Waals surface area contributed by atoms with Gasteiger partial charge in [0.25, 0.3) is 0 Å². The average molecular weight is 480 g/mol. The predicted molar refractivity (Wildman–Crippen MR) is 130 cm³/mol. The maximum absolute atomic E-state index is 14.1. The van der Waals surface area contributed by atoms with Crippen LogP contribution in [-0.2, 0) is 38.1 Å². The lowest BCUT2D eigenvalue weighted by Gasteiger charge is -2.09. The van der Waals surface area contributed by atoms with Crippen molar-refractivity contribution in [2.75, 3.05) is 6.61 Å². The first-order valence-corrected chi connectivity index (χ1v) is 12.7. The minimum Gasteiger partial charge on any atom is -0.465 e. The predicted octanol–water partition coefficient (Wildman–Crippen LogP) is 5.22. The number of rotatable bonds is 8. The molecule has 1 heterocycles. The van der Waals surface area contributed by atoms with Gasteiger partial charge in [0.05, 0.1) is 17.3 Å². The molecular formula is C27H26FNO4S. The highest BCUT2D eigenvalue weighted by Crippen LogP contribution is 2.29. The van der Waals surface area contributed by atoms with Gasteiger partial charge in [0.15, 0.2) is 9.84 Å². The summed E-state index contributed by atoms with van der Waals surface area (Å²) in [6.45, 7) is 3.98. The summed E-state index contributed by atoms with van der Waals surface area (Å²) in [6, 6.07) is 20.4. The lowest BCUT2D eigenvalue weighted by molar-refractivity contribution is -0.143. The second-order valence-electron chi connectivity index (χ2n) is 8.18. The number of hydrogen-bond donors (Lipinski definition) is 0. The molecule has 0 bridgehead atoms. The molecule has 176 valence electrons. The Morgan fingerprint density at radius 3 is 2.35 bits per heavy atom. The van der Waals surface area contributed by atoms with Crippen LogP contribution in [0.15, 0.2) is 77.7 Å². The zero-order chi connectivity index (χ0) is 24.3. The van der Waals surface area contributed by atoms with Crippen molar-refractivity contribution in [3.63, 3.8) is 0 Å². The molecule has 0 amide bonds. The molecule has 0 fully saturated rings. The first kappa shape index (κ1) is 23.7. The van der Waals surface area contributed by atoms with Gasteiger partial charge < -0.3 is 9.30 Å². The molecule has 5 nitrogen and oxygen atoms in total. The van der Waals surface area contributed by atoms with Crippen LogP contribution in [0.2, 0.25) is 0 Å². The van der Waals surface area contributed by atoms with E-state index in [0.29, 0.717) is 6.42 Å². The Morgan fingerprint density at radius 2 is 1.68 bits per heavy atom. The Kier molecular flexibility index (Phi) is 6.84. The van der Waals surface area contributed by atoms with Gasteiger partial charge in [0, 0.05) is 16.6 Å². The minimum absolute atomic E-state index is 0.0402. The standard InChI is InChI=1S/C27H26FNO4S/c1-3-33-27(30)17-29-19(2)24(25-16-22(28)11-14-26(25)29)15-20-9-12-23(13-10-20)34(31,32)18-21-7-5-4-6-8-21/h4-14,16H,3,15,17-18H2,1-2H3. The third-order valence-corrected chi connectivity index (χ3v) is 7.58. The maximum atomic E-state index is 14.1. The number of hydrogen-bond acceptors (Lipinski definition) is 4. The second kappa shape index (κ2) is 9.81. The molecule has 0 saturated carbocycles. The van der Waals surface area contributed by atoms with Crippen molar-refractivity contribution in [1.29, 1.82) is 0 Å². The van der Waals surface area contributed by atoms with Gasteiger partial charge in [0.2, 0.25) is 0 Å². The highest BCUT2D eigenvalue weighted by atomic mass is 32.2. The highest BCUT2D eigenvalue weighted by Gasteiger charge is 2.19. The molecule has 4 aromatic rings. The fourth-order valence-electron chi connectivity index (χ4n) is 4.18. The van der Waals surface area contributed by atoms with Gasteiger partial charge in [-0.05, 0) is 67.3 Å². The number of ether oxygens (including phenoxy) is 1. The fraction of sp³-hybridized carbons (Fsp3) is 0.222. The normalized spacial score (nSPS) is 11.6. The number of nitrogens with zero attached hydrogens (tertiary/aromatic N) is 1. The van der Waals surface area contributed by atoms with Crippen molar-refractivity contribution in [2.45, 2.75) is 37.5 Å². The third-order valence-electron chi connectivity index (χ3n) is 5.87. The van der Waals surface area contributed by atoms with Crippen molar-refractivity contribution >= 4 is 26.7 Å². The Balaban J connectivity index is 1.63. The number of esters is 1. The van der Waals surface area contributed by atoms with Gasteiger partial charge in [-0.1, -0.05) is 42.5 Å². The highest BCUT2D eigenvalue weighted by molar-refractivity contribution is 7.90. The zero-order valence-corrected chi connectivity index (χ0v) is 19.9. The van der Waals surface area contributed by atoms with E-state index in [1.807, 2.05) is 29.7 Å². The summed E-state index contributed by atoms with van der Waals surface area (Å²) in [4.78, 5) is 12.4. The molecule has 0 atom stereocenters. The van der Waals surface area contributed by atoms with E-state index < -0.39 is 9.84 Å². The van der Waals surface area contributed by atoms with Crippen molar-refractivity contribution in [1.82, 2.24) is 4.57 Å². The lowest BCUT2D eigenvalue weighted by atomic mass is 10.0. The molecule has 1 aromatic heterocycles. The number of benzene rings is 3. The van der Waals surface area contributed by atoms with Crippen molar-refractivity contribution < 1.29 is 22.3 Å². The Labute approximate surface area is 198 Å². The Morgan fingerprint density at radius 1 is 0.971 bits per heavy atom. The van der Waals surface area contributed by atoms with E-state index in [2.05, 4.69) is 0 Å². The molecule has 0 radical (unpaired) electrons. The molecule has 3 aromatic carbocycles. The van der Waals surface area contributed by atoms with E-state index in [1.54, 1.807) is 49.4 Å². The van der Waals surface area contributed by atoms with Crippen LogP contribution in [0.25, 0.3) is 10.9 Å². The summed E-state index contributed by atoms with van der Waals surface area (Å²) in [5.41, 5.74) is 4.11. The largest absolute Gasteiger partial charge is 0.465 e. The summed E-state index contributed by atoms with van der Waals surface area (Å²) >= 11 is 0. The molecule has 0 saturated heterocycles. The SMILES string of the molecule is CCOC(=O)Cn1c(C)c(Cc2ccc(S(=O)(=O)Cc3ccccc3)cc2)c2cc(F)ccc21. The monoisotopic (exact) mass is 479 g/mol. The minimum atomic E-state index is -3.47. The smallest absolute Gasteiger partial charge is 0.325 e. The summed E-state index contributed by atoms with van der Waals surface area (Å²) in [7, 11) is -3.47. The lowest BCUT2D eigenvalue weighted by Crippen LogP contribution is -2.14. The van der Waals surface area contributed by atoms with Gasteiger partial charge in [-0.2, -0.15) is 0 Å². The summed E-state index contributed by atoms with van der Waals surface area (Å²) < 4.78 is 46.6. The van der Waals surface area contributed by atoms with E-state index in [-0.39, 0.29) is 35.6 Å². The molecule has 0 spiro atoms. The van der Waals surface area contributed by atoms with Crippen molar-refractivity contribution in [2.24, 2.45) is 0 Å². The molecule has 34 heavy (non-hydrogen) atoms. The van der Waals surface area contributed by atoms with Gasteiger partial charge in [-0.15, -0.1) is 0 Å². The number of fused-ring (bicyclic) bond motifs is 1. The van der Waals surface area contributed by atoms with E-state index in [0.717, 1.165) is 33.3 Å². The van der Waals surface area contributed by atoms with Crippen LogP contribution in [0, 0.1) is 12.7 Å². The van der Waals surface area contributed by atoms with Crippen molar-refractivity contribution in [3.8, 4) is 0 Å². The molecule has 0 aliphatic carbocycles. The summed E-state index contributed by atoms with van der Waals surface area (Å²) in [6.07, 6.45) is 0.473. The van der Waals surface area contributed by atoms with Crippen molar-refractivity contribution in [3.05, 3.63) is 101 Å². The quantitative estimate of drug-likeness (QED) is 0.325.